The van der Waals surface area contributed by atoms with Crippen molar-refractivity contribution >= 4 is 65.8 Å². The molecule has 0 bridgehead atoms. The average Bonchev–Trinajstić information content (AvgIpc) is 2.59. The van der Waals surface area contributed by atoms with Gasteiger partial charge in [0.25, 0.3) is 0 Å². The van der Waals surface area contributed by atoms with E-state index in [1.807, 2.05) is 24.3 Å². The van der Waals surface area contributed by atoms with Crippen LogP contribution in [-0.4, -0.2) is 0 Å². The molecule has 5 aromatic rings. The topological polar surface area (TPSA) is 104 Å². The maximum atomic E-state index is 5.96. The molecule has 0 radical (unpaired) electrons. The second kappa shape index (κ2) is 4.92. The molecule has 0 heterocycles. The average molecular weight is 338 g/mol. The number of hydrogen-bond donors (Lipinski definition) is 4. The molecule has 0 spiro atoms. The van der Waals surface area contributed by atoms with Crippen LogP contribution < -0.4 is 22.9 Å². The summed E-state index contributed by atoms with van der Waals surface area (Å²) in [5.41, 5.74) is 26.3. The summed E-state index contributed by atoms with van der Waals surface area (Å²) >= 11 is 0. The highest BCUT2D eigenvalue weighted by atomic mass is 14.7. The van der Waals surface area contributed by atoms with Gasteiger partial charge in [0.05, 0.1) is 22.7 Å². The molecule has 0 amide bonds. The molecule has 0 unspecified atom stereocenters. The van der Waals surface area contributed by atoms with Crippen molar-refractivity contribution in [3.63, 3.8) is 0 Å². The summed E-state index contributed by atoms with van der Waals surface area (Å²) in [5.74, 6) is 0. The van der Waals surface area contributed by atoms with Crippen molar-refractivity contribution in [3.05, 3.63) is 60.7 Å². The van der Waals surface area contributed by atoms with Gasteiger partial charge in [0.15, 0.2) is 0 Å². The fraction of sp³-hybridized carbons (Fsp3) is 0. The van der Waals surface area contributed by atoms with E-state index < -0.39 is 0 Å². The predicted octanol–water partition coefficient (Wildman–Crippen LogP) is 4.63. The highest BCUT2D eigenvalue weighted by Gasteiger charge is 2.06. The summed E-state index contributed by atoms with van der Waals surface area (Å²) in [6.07, 6.45) is 0. The minimum Gasteiger partial charge on any atom is -0.397 e. The Kier molecular flexibility index (Phi) is 2.78. The zero-order valence-electron chi connectivity index (χ0n) is 14.1. The van der Waals surface area contributed by atoms with Crippen LogP contribution in [0.15, 0.2) is 60.7 Å². The summed E-state index contributed by atoms with van der Waals surface area (Å²) in [7, 11) is 0. The maximum absolute atomic E-state index is 5.96. The van der Waals surface area contributed by atoms with E-state index in [9.17, 15) is 0 Å². The van der Waals surface area contributed by atoms with Crippen LogP contribution in [0.25, 0.3) is 43.1 Å². The number of nitrogens with two attached hydrogens (primary N) is 4. The lowest BCUT2D eigenvalue weighted by molar-refractivity contribution is 1.72. The lowest BCUT2D eigenvalue weighted by atomic mass is 9.97. The zero-order chi connectivity index (χ0) is 18.0. The molecular weight excluding hydrogens is 320 g/mol. The fourth-order valence-electron chi connectivity index (χ4n) is 3.68. The second-order valence-corrected chi connectivity index (χ2v) is 6.91. The van der Waals surface area contributed by atoms with Crippen molar-refractivity contribution in [2.45, 2.75) is 0 Å². The van der Waals surface area contributed by atoms with E-state index in [1.54, 1.807) is 0 Å². The van der Waals surface area contributed by atoms with Crippen LogP contribution in [0.1, 0.15) is 0 Å². The molecule has 5 rings (SSSR count). The van der Waals surface area contributed by atoms with Gasteiger partial charge in [-0.1, -0.05) is 0 Å². The minimum absolute atomic E-state index is 0.608. The molecule has 4 nitrogen and oxygen atoms in total. The van der Waals surface area contributed by atoms with Crippen LogP contribution in [0.5, 0.6) is 0 Å². The molecule has 0 aliphatic heterocycles. The Morgan fingerprint density at radius 1 is 0.269 bits per heavy atom. The van der Waals surface area contributed by atoms with Crippen LogP contribution in [0, 0.1) is 0 Å². The molecule has 5 aromatic carbocycles. The molecule has 0 aliphatic rings. The van der Waals surface area contributed by atoms with E-state index in [4.69, 9.17) is 22.9 Å². The predicted molar refractivity (Wildman–Crippen MR) is 114 cm³/mol. The van der Waals surface area contributed by atoms with Crippen molar-refractivity contribution < 1.29 is 0 Å². The number of hydrogen-bond acceptors (Lipinski definition) is 4. The Balaban J connectivity index is 1.86. The van der Waals surface area contributed by atoms with Gasteiger partial charge in [-0.05, 0) is 104 Å². The van der Waals surface area contributed by atoms with Gasteiger partial charge in [-0.15, -0.1) is 0 Å². The molecule has 8 N–H and O–H groups in total. The summed E-state index contributed by atoms with van der Waals surface area (Å²) in [5, 5.41) is 8.99. The van der Waals surface area contributed by atoms with E-state index in [0.717, 1.165) is 43.1 Å². The number of benzene rings is 5. The molecule has 4 heteroatoms. The van der Waals surface area contributed by atoms with E-state index >= 15 is 0 Å². The molecule has 0 saturated carbocycles. The number of anilines is 4. The van der Waals surface area contributed by atoms with E-state index in [0.29, 0.717) is 22.7 Å². The van der Waals surface area contributed by atoms with Gasteiger partial charge in [0.1, 0.15) is 0 Å². The van der Waals surface area contributed by atoms with Crippen LogP contribution in [-0.2, 0) is 0 Å². The normalized spacial score (nSPS) is 11.7. The van der Waals surface area contributed by atoms with Crippen LogP contribution in [0.3, 0.4) is 0 Å². The first-order valence-corrected chi connectivity index (χ1v) is 8.43. The Labute approximate surface area is 150 Å². The highest BCUT2D eigenvalue weighted by Crippen LogP contribution is 2.33. The monoisotopic (exact) mass is 338 g/mol. The molecule has 0 fully saturated rings. The van der Waals surface area contributed by atoms with Gasteiger partial charge in [0.2, 0.25) is 0 Å². The van der Waals surface area contributed by atoms with Crippen molar-refractivity contribution in [2.24, 2.45) is 0 Å². The van der Waals surface area contributed by atoms with Crippen molar-refractivity contribution in [3.8, 4) is 0 Å². The first kappa shape index (κ1) is 14.7. The standard InChI is InChI=1S/C22H18N4/c23-19-7-15-3-11-1-12-4-16-8-20(24)22(26)10-18(16)6-14(12)2-13(11)5-17(15)9-21(19)25/h1-10H,23-26H2. The molecule has 0 saturated heterocycles. The van der Waals surface area contributed by atoms with Gasteiger partial charge < -0.3 is 22.9 Å². The molecule has 0 atom stereocenters. The van der Waals surface area contributed by atoms with Gasteiger partial charge >= 0.3 is 0 Å². The first-order chi connectivity index (χ1) is 12.5. The number of fused-ring (bicyclic) bond motifs is 4. The summed E-state index contributed by atoms with van der Waals surface area (Å²) in [4.78, 5) is 0. The van der Waals surface area contributed by atoms with Crippen LogP contribution in [0.4, 0.5) is 22.7 Å². The Bertz CT molecular complexity index is 1160. The third kappa shape index (κ3) is 2.09. The lowest BCUT2D eigenvalue weighted by Crippen LogP contribution is -1.94. The minimum atomic E-state index is 0.608. The molecule has 26 heavy (non-hydrogen) atoms. The van der Waals surface area contributed by atoms with Crippen molar-refractivity contribution in [2.75, 3.05) is 22.9 Å². The zero-order valence-corrected chi connectivity index (χ0v) is 14.1. The van der Waals surface area contributed by atoms with Crippen LogP contribution >= 0.6 is 0 Å². The summed E-state index contributed by atoms with van der Waals surface area (Å²) in [6, 6.07) is 20.7. The van der Waals surface area contributed by atoms with Gasteiger partial charge in [-0.3, -0.25) is 0 Å². The molecule has 0 aromatic heterocycles. The Hall–Kier alpha value is -3.66. The molecule has 126 valence electrons. The van der Waals surface area contributed by atoms with Crippen molar-refractivity contribution in [1.82, 2.24) is 0 Å². The van der Waals surface area contributed by atoms with Crippen LogP contribution in [0.2, 0.25) is 0 Å². The highest BCUT2D eigenvalue weighted by molar-refractivity contribution is 6.09. The van der Waals surface area contributed by atoms with Crippen molar-refractivity contribution in [1.29, 1.82) is 0 Å². The summed E-state index contributed by atoms with van der Waals surface area (Å²) < 4.78 is 0. The molecule has 0 aliphatic carbocycles. The van der Waals surface area contributed by atoms with E-state index in [1.165, 1.54) is 0 Å². The maximum Gasteiger partial charge on any atom is 0.0554 e. The SMILES string of the molecule is Nc1cc2cc3cc4cc5cc(N)c(N)cc5cc4cc3cc2cc1N. The van der Waals surface area contributed by atoms with Gasteiger partial charge in [0, 0.05) is 0 Å². The third-order valence-corrected chi connectivity index (χ3v) is 5.11. The van der Waals surface area contributed by atoms with E-state index in [2.05, 4.69) is 36.4 Å². The third-order valence-electron chi connectivity index (χ3n) is 5.11. The van der Waals surface area contributed by atoms with Gasteiger partial charge in [-0.2, -0.15) is 0 Å². The Morgan fingerprint density at radius 2 is 0.423 bits per heavy atom. The van der Waals surface area contributed by atoms with E-state index in [-0.39, 0.29) is 0 Å². The lowest BCUT2D eigenvalue weighted by Gasteiger charge is -2.09. The second-order valence-electron chi connectivity index (χ2n) is 6.91. The number of nitrogen functional groups attached to an aromatic ring is 4. The van der Waals surface area contributed by atoms with Gasteiger partial charge in [-0.25, -0.2) is 0 Å². The fourth-order valence-corrected chi connectivity index (χ4v) is 3.68. The Morgan fingerprint density at radius 3 is 0.615 bits per heavy atom. The smallest absolute Gasteiger partial charge is 0.0554 e. The summed E-state index contributed by atoms with van der Waals surface area (Å²) in [6.45, 7) is 0. The number of rotatable bonds is 0. The quantitative estimate of drug-likeness (QED) is 0.244. The first-order valence-electron chi connectivity index (χ1n) is 8.43. The molecular formula is C22H18N4. The largest absolute Gasteiger partial charge is 0.397 e.